The number of nitrogens with zero attached hydrogens (tertiary/aromatic N) is 1. The van der Waals surface area contributed by atoms with Crippen molar-refractivity contribution in [2.45, 2.75) is 6.18 Å². The molecular formula is C22H18ClF3N2O4S. The molecule has 0 aliphatic carbocycles. The first kappa shape index (κ1) is 24.4. The van der Waals surface area contributed by atoms with E-state index in [1.54, 1.807) is 36.4 Å². The number of hydrogen-bond donors (Lipinski definition) is 1. The lowest BCUT2D eigenvalue weighted by Gasteiger charge is -2.23. The molecule has 3 aromatic carbocycles. The zero-order valence-corrected chi connectivity index (χ0v) is 18.7. The zero-order chi connectivity index (χ0) is 24.2. The third kappa shape index (κ3) is 6.62. The minimum atomic E-state index is -4.79. The summed E-state index contributed by atoms with van der Waals surface area (Å²) in [7, 11) is -4.08. The number of amides is 1. The van der Waals surface area contributed by atoms with Crippen LogP contribution < -0.4 is 14.4 Å². The second-order valence-corrected chi connectivity index (χ2v) is 9.23. The van der Waals surface area contributed by atoms with Gasteiger partial charge in [0.2, 0.25) is 15.9 Å². The van der Waals surface area contributed by atoms with Crippen LogP contribution in [-0.4, -0.2) is 27.1 Å². The summed E-state index contributed by atoms with van der Waals surface area (Å²) in [5, 5.41) is 1.93. The van der Waals surface area contributed by atoms with Gasteiger partial charge < -0.3 is 10.1 Å². The van der Waals surface area contributed by atoms with Gasteiger partial charge in [-0.1, -0.05) is 29.8 Å². The molecule has 0 aromatic heterocycles. The quantitative estimate of drug-likeness (QED) is 0.463. The molecule has 0 radical (unpaired) electrons. The van der Waals surface area contributed by atoms with Crippen molar-refractivity contribution in [2.75, 3.05) is 22.4 Å². The molecule has 0 bridgehead atoms. The van der Waals surface area contributed by atoms with Gasteiger partial charge in [0.25, 0.3) is 0 Å². The van der Waals surface area contributed by atoms with E-state index in [1.807, 2.05) is 18.2 Å². The molecule has 1 N–H and O–H groups in total. The molecule has 0 fully saturated rings. The highest BCUT2D eigenvalue weighted by Crippen LogP contribution is 2.37. The summed E-state index contributed by atoms with van der Waals surface area (Å²) in [4.78, 5) is 12.5. The number of sulfonamides is 1. The van der Waals surface area contributed by atoms with E-state index in [0.717, 1.165) is 18.4 Å². The van der Waals surface area contributed by atoms with Crippen LogP contribution in [0.15, 0.2) is 72.8 Å². The molecule has 1 amide bonds. The fraction of sp³-hybridized carbons (Fsp3) is 0.136. The van der Waals surface area contributed by atoms with Crippen molar-refractivity contribution in [3.63, 3.8) is 0 Å². The highest BCUT2D eigenvalue weighted by atomic mass is 35.5. The molecule has 6 nitrogen and oxygen atoms in total. The first-order chi connectivity index (χ1) is 15.4. The number of benzene rings is 3. The summed E-state index contributed by atoms with van der Waals surface area (Å²) in [6.45, 7) is -0.736. The Balaban J connectivity index is 1.74. The first-order valence-corrected chi connectivity index (χ1v) is 11.6. The predicted molar refractivity (Wildman–Crippen MR) is 120 cm³/mol. The number of hydrogen-bond acceptors (Lipinski definition) is 4. The van der Waals surface area contributed by atoms with Gasteiger partial charge in [0.15, 0.2) is 0 Å². The van der Waals surface area contributed by atoms with Crippen LogP contribution in [0.4, 0.5) is 24.5 Å². The highest BCUT2D eigenvalue weighted by molar-refractivity contribution is 7.92. The van der Waals surface area contributed by atoms with Crippen molar-refractivity contribution in [2.24, 2.45) is 0 Å². The molecule has 0 atom stereocenters. The maximum atomic E-state index is 13.2. The molecular weight excluding hydrogens is 481 g/mol. The van der Waals surface area contributed by atoms with Gasteiger partial charge in [0.05, 0.1) is 22.5 Å². The van der Waals surface area contributed by atoms with Crippen LogP contribution in [0.1, 0.15) is 5.56 Å². The topological polar surface area (TPSA) is 75.7 Å². The van der Waals surface area contributed by atoms with Gasteiger partial charge in [-0.3, -0.25) is 9.10 Å². The van der Waals surface area contributed by atoms with Gasteiger partial charge in [-0.2, -0.15) is 13.2 Å². The first-order valence-electron chi connectivity index (χ1n) is 9.41. The smallest absolute Gasteiger partial charge is 0.417 e. The second-order valence-electron chi connectivity index (χ2n) is 6.92. The fourth-order valence-corrected chi connectivity index (χ4v) is 3.92. The van der Waals surface area contributed by atoms with E-state index in [1.165, 1.54) is 0 Å². The Morgan fingerprint density at radius 2 is 1.61 bits per heavy atom. The van der Waals surface area contributed by atoms with Gasteiger partial charge in [0, 0.05) is 5.69 Å². The van der Waals surface area contributed by atoms with E-state index in [9.17, 15) is 26.4 Å². The molecule has 0 unspecified atom stereocenters. The van der Waals surface area contributed by atoms with Crippen molar-refractivity contribution in [1.82, 2.24) is 0 Å². The van der Waals surface area contributed by atoms with Gasteiger partial charge in [0.1, 0.15) is 18.0 Å². The number of carbonyl (C=O) groups is 1. The molecule has 174 valence electrons. The van der Waals surface area contributed by atoms with Crippen LogP contribution in [0, 0.1) is 0 Å². The number of para-hydroxylation sites is 1. The van der Waals surface area contributed by atoms with Crippen molar-refractivity contribution < 1.29 is 31.1 Å². The van der Waals surface area contributed by atoms with Crippen LogP contribution >= 0.6 is 11.6 Å². The minimum absolute atomic E-state index is 0.337. The van der Waals surface area contributed by atoms with Crippen molar-refractivity contribution in [3.8, 4) is 11.5 Å². The monoisotopic (exact) mass is 498 g/mol. The maximum absolute atomic E-state index is 13.2. The van der Waals surface area contributed by atoms with E-state index in [0.29, 0.717) is 27.6 Å². The number of nitrogens with one attached hydrogen (secondary N) is 1. The maximum Gasteiger partial charge on any atom is 0.417 e. The van der Waals surface area contributed by atoms with E-state index in [2.05, 4.69) is 5.32 Å². The third-order valence-corrected chi connectivity index (χ3v) is 5.82. The molecule has 11 heteroatoms. The van der Waals surface area contributed by atoms with Crippen molar-refractivity contribution in [3.05, 3.63) is 83.4 Å². The summed E-state index contributed by atoms with van der Waals surface area (Å²) < 4.78 is 70.1. The van der Waals surface area contributed by atoms with Crippen LogP contribution in [0.5, 0.6) is 11.5 Å². The standard InChI is InChI=1S/C22H18ClF3N2O4S/c1-33(30,31)28(16-9-12-20(23)19(13-16)22(24,25)26)14-21(29)27-15-7-10-18(11-8-15)32-17-5-3-2-4-6-17/h2-13H,14H2,1H3,(H,27,29). The lowest BCUT2D eigenvalue weighted by molar-refractivity contribution is -0.137. The van der Waals surface area contributed by atoms with E-state index < -0.39 is 39.2 Å². The molecule has 0 heterocycles. The Kier molecular flexibility index (Phi) is 7.19. The van der Waals surface area contributed by atoms with Crippen LogP contribution in [0.2, 0.25) is 5.02 Å². The molecule has 0 spiro atoms. The molecule has 0 aliphatic heterocycles. The minimum Gasteiger partial charge on any atom is -0.457 e. The van der Waals surface area contributed by atoms with Crippen LogP contribution in [0.3, 0.4) is 0 Å². The number of halogens is 4. The van der Waals surface area contributed by atoms with Gasteiger partial charge in [-0.05, 0) is 54.6 Å². The number of alkyl halides is 3. The highest BCUT2D eigenvalue weighted by Gasteiger charge is 2.34. The van der Waals surface area contributed by atoms with E-state index in [4.69, 9.17) is 16.3 Å². The summed E-state index contributed by atoms with van der Waals surface area (Å²) in [6, 6.07) is 17.9. The SMILES string of the molecule is CS(=O)(=O)N(CC(=O)Nc1ccc(Oc2ccccc2)cc1)c1ccc(Cl)c(C(F)(F)F)c1. The van der Waals surface area contributed by atoms with Crippen LogP contribution in [-0.2, 0) is 21.0 Å². The molecule has 0 saturated heterocycles. The summed E-state index contributed by atoms with van der Waals surface area (Å²) in [5.74, 6) is 0.387. The van der Waals surface area contributed by atoms with E-state index >= 15 is 0 Å². The normalized spacial score (nSPS) is 11.7. The zero-order valence-electron chi connectivity index (χ0n) is 17.1. The average Bonchev–Trinajstić information content (AvgIpc) is 2.73. The van der Waals surface area contributed by atoms with Crippen molar-refractivity contribution in [1.29, 1.82) is 0 Å². The number of rotatable bonds is 7. The Hall–Kier alpha value is -3.24. The Labute approximate surface area is 193 Å². The molecule has 33 heavy (non-hydrogen) atoms. The van der Waals surface area contributed by atoms with Gasteiger partial charge >= 0.3 is 6.18 Å². The molecule has 0 saturated carbocycles. The summed E-state index contributed by atoms with van der Waals surface area (Å²) in [6.07, 6.45) is -4.00. The molecule has 3 rings (SSSR count). The largest absolute Gasteiger partial charge is 0.457 e. The molecule has 3 aromatic rings. The summed E-state index contributed by atoms with van der Waals surface area (Å²) in [5.41, 5.74) is -1.19. The van der Waals surface area contributed by atoms with E-state index in [-0.39, 0.29) is 5.69 Å². The molecule has 0 aliphatic rings. The Morgan fingerprint density at radius 3 is 2.18 bits per heavy atom. The fourth-order valence-electron chi connectivity index (χ4n) is 2.85. The summed E-state index contributed by atoms with van der Waals surface area (Å²) >= 11 is 5.60. The van der Waals surface area contributed by atoms with Gasteiger partial charge in [-0.25, -0.2) is 8.42 Å². The van der Waals surface area contributed by atoms with Gasteiger partial charge in [-0.15, -0.1) is 0 Å². The van der Waals surface area contributed by atoms with Crippen LogP contribution in [0.25, 0.3) is 0 Å². The Morgan fingerprint density at radius 1 is 1.00 bits per heavy atom. The lowest BCUT2D eigenvalue weighted by atomic mass is 10.2. The van der Waals surface area contributed by atoms with Crippen molar-refractivity contribution >= 4 is 38.9 Å². The number of ether oxygens (including phenoxy) is 1. The number of anilines is 2. The predicted octanol–water partition coefficient (Wildman–Crippen LogP) is 5.56. The lowest BCUT2D eigenvalue weighted by Crippen LogP contribution is -2.37. The average molecular weight is 499 g/mol. The third-order valence-electron chi connectivity index (χ3n) is 4.35. The number of carbonyl (C=O) groups excluding carboxylic acids is 1. The Bertz CT molecular complexity index is 1230. The second kappa shape index (κ2) is 9.72.